The van der Waals surface area contributed by atoms with Crippen molar-refractivity contribution in [1.29, 1.82) is 0 Å². The van der Waals surface area contributed by atoms with E-state index < -0.39 is 224 Å². The van der Waals surface area contributed by atoms with Gasteiger partial charge in [-0.25, -0.2) is 0 Å². The van der Waals surface area contributed by atoms with E-state index in [2.05, 4.69) is 0 Å². The monoisotopic (exact) mass is 998 g/mol. The van der Waals surface area contributed by atoms with Crippen molar-refractivity contribution in [3.05, 3.63) is 0 Å². The average molecular weight is 999 g/mol. The molecule has 27 nitrogen and oxygen atoms in total. The topological polar surface area (TPSA) is 425 Å². The van der Waals surface area contributed by atoms with Crippen LogP contribution in [0.2, 0.25) is 0 Å². The van der Waals surface area contributed by atoms with Gasteiger partial charge in [0.1, 0.15) is 97.7 Å². The second kappa shape index (κ2) is 25.7. The third-order valence-electron chi connectivity index (χ3n) is 13.5. The molecule has 0 bridgehead atoms. The summed E-state index contributed by atoms with van der Waals surface area (Å²) >= 11 is 0. The molecule has 0 aromatic heterocycles. The molecule has 5 fully saturated rings. The van der Waals surface area contributed by atoms with Crippen LogP contribution in [-0.4, -0.2) is 288 Å². The van der Waals surface area contributed by atoms with Crippen LogP contribution in [0.1, 0.15) is 34.6 Å². The second-order valence-electron chi connectivity index (χ2n) is 18.2. The molecule has 16 N–H and O–H groups in total. The Morgan fingerprint density at radius 1 is 0.426 bits per heavy atom. The van der Waals surface area contributed by atoms with Gasteiger partial charge in [0.15, 0.2) is 31.5 Å². The fraction of sp³-hybridized carbons (Fsp3) is 1.00. The predicted octanol–water partition coefficient (Wildman–Crippen LogP) is -8.57. The summed E-state index contributed by atoms with van der Waals surface area (Å²) in [6.07, 6.45) is -40.8. The van der Waals surface area contributed by atoms with Crippen LogP contribution in [0.4, 0.5) is 0 Å². The van der Waals surface area contributed by atoms with Crippen LogP contribution >= 0.6 is 0 Å². The summed E-state index contributed by atoms with van der Waals surface area (Å²) in [5.74, 6) is -2.52. The highest BCUT2D eigenvalue weighted by Crippen LogP contribution is 2.38. The van der Waals surface area contributed by atoms with Crippen LogP contribution in [0.5, 0.6) is 0 Å². The summed E-state index contributed by atoms with van der Waals surface area (Å²) in [5, 5.41) is 170. The molecular formula is C41H74O27. The zero-order valence-corrected chi connectivity index (χ0v) is 38.3. The molecule has 68 heavy (non-hydrogen) atoms. The Balaban J connectivity index is 1.43. The standard InChI is InChI=1S/C41H74O27/c1-13-17(5)59-21(9-45)34(26(13)50)65-39-15(3)27(51)35(22(10-46)63-39)66-40-33(57)36(31(55)23(64-40)12-58-24(11-47)60-18(6-42)28(52)16(4)48)67-41-37(32(56)30(54)20(8-44)62-41)68-38-14(2)25(49)29(53)19(7-43)61-38/h13-57H,6-12H2,1-5H3/t13-,14+,15+,16-,17+,18?,19?,20-,21?,22?,23?,24+,25?,26?,27?,28+,29-,30-,31-,32?,33-,34-,35-,36?,37?,38+,39+,40+,41-/m1/s1. The van der Waals surface area contributed by atoms with Gasteiger partial charge in [-0.15, -0.1) is 0 Å². The Labute approximate surface area is 391 Å². The minimum absolute atomic E-state index is 0.441. The first kappa shape index (κ1) is 57.8. The van der Waals surface area contributed by atoms with Crippen molar-refractivity contribution in [1.82, 2.24) is 0 Å². The van der Waals surface area contributed by atoms with Crippen LogP contribution in [0, 0.1) is 17.8 Å². The number of hydrogen-bond donors (Lipinski definition) is 16. The third-order valence-corrected chi connectivity index (χ3v) is 13.5. The highest BCUT2D eigenvalue weighted by atomic mass is 16.8. The highest BCUT2D eigenvalue weighted by molar-refractivity contribution is 4.98. The Hall–Kier alpha value is -1.08. The van der Waals surface area contributed by atoms with E-state index in [-0.39, 0.29) is 0 Å². The summed E-state index contributed by atoms with van der Waals surface area (Å²) in [5.41, 5.74) is 0. The summed E-state index contributed by atoms with van der Waals surface area (Å²) in [7, 11) is 0. The zero-order chi connectivity index (χ0) is 50.5. The predicted molar refractivity (Wildman–Crippen MR) is 219 cm³/mol. The van der Waals surface area contributed by atoms with Gasteiger partial charge in [-0.1, -0.05) is 20.8 Å². The van der Waals surface area contributed by atoms with Crippen LogP contribution < -0.4 is 0 Å². The maximum atomic E-state index is 11.9. The Morgan fingerprint density at radius 3 is 1.43 bits per heavy atom. The normalized spacial score (nSPS) is 47.9. The number of aliphatic hydroxyl groups is 16. The first-order chi connectivity index (χ1) is 32.2. The molecule has 5 heterocycles. The lowest BCUT2D eigenvalue weighted by Gasteiger charge is -2.50. The molecule has 0 aromatic carbocycles. The van der Waals surface area contributed by atoms with Gasteiger partial charge in [0.05, 0.1) is 76.8 Å². The lowest BCUT2D eigenvalue weighted by molar-refractivity contribution is -0.396. The largest absolute Gasteiger partial charge is 0.394 e. The fourth-order valence-corrected chi connectivity index (χ4v) is 8.81. The molecule has 27 heteroatoms. The molecule has 0 amide bonds. The second-order valence-corrected chi connectivity index (χ2v) is 18.2. The Kier molecular flexibility index (Phi) is 21.9. The maximum absolute atomic E-state index is 11.9. The van der Waals surface area contributed by atoms with E-state index in [1.165, 1.54) is 20.8 Å². The van der Waals surface area contributed by atoms with Crippen LogP contribution in [0.15, 0.2) is 0 Å². The smallest absolute Gasteiger partial charge is 0.187 e. The van der Waals surface area contributed by atoms with Gasteiger partial charge in [0, 0.05) is 17.8 Å². The Morgan fingerprint density at radius 2 is 0.882 bits per heavy atom. The third kappa shape index (κ3) is 12.8. The number of hydrogen-bond acceptors (Lipinski definition) is 27. The van der Waals surface area contributed by atoms with Crippen molar-refractivity contribution in [3.63, 3.8) is 0 Å². The zero-order valence-electron chi connectivity index (χ0n) is 38.3. The minimum Gasteiger partial charge on any atom is -0.394 e. The molecular weight excluding hydrogens is 924 g/mol. The number of aliphatic hydroxyl groups excluding tert-OH is 16. The molecule has 5 saturated heterocycles. The SMILES string of the molecule is C[C@@H]1OC(CO)[C@@H](O[C@@H]2OC(CO)[C@@H](O[C@@H]3OC(CO[C@H](CO)OC(CO)[C@@H](O)[C@@H](C)O)[C@@H](O)C(O[C@H]4O[C@H](CO)[C@@H](O)C(O)C4O[C@@H]4OC(CO)[C@@H](O)C(O)[C@@H]4C)[C@H]3O)C(O)[C@@H]2C)C(O)[C@@H]1C. The van der Waals surface area contributed by atoms with E-state index >= 15 is 0 Å². The van der Waals surface area contributed by atoms with Crippen molar-refractivity contribution in [2.45, 2.75) is 194 Å². The highest BCUT2D eigenvalue weighted by Gasteiger charge is 2.56. The van der Waals surface area contributed by atoms with Crippen molar-refractivity contribution in [3.8, 4) is 0 Å². The number of rotatable bonds is 21. The molecule has 5 aliphatic rings. The van der Waals surface area contributed by atoms with Gasteiger partial charge >= 0.3 is 0 Å². The first-order valence-corrected chi connectivity index (χ1v) is 22.8. The van der Waals surface area contributed by atoms with Crippen molar-refractivity contribution < 1.29 is 134 Å². The van der Waals surface area contributed by atoms with Gasteiger partial charge in [0.2, 0.25) is 0 Å². The van der Waals surface area contributed by atoms with Gasteiger partial charge in [0.25, 0.3) is 0 Å². The van der Waals surface area contributed by atoms with Gasteiger partial charge in [-0.3, -0.25) is 0 Å². The van der Waals surface area contributed by atoms with E-state index in [1.807, 2.05) is 0 Å². The molecule has 0 saturated carbocycles. The molecule has 29 atom stereocenters. The number of ether oxygens (including phenoxy) is 11. The van der Waals surface area contributed by atoms with E-state index in [1.54, 1.807) is 13.8 Å². The van der Waals surface area contributed by atoms with Crippen LogP contribution in [0.25, 0.3) is 0 Å². The van der Waals surface area contributed by atoms with Gasteiger partial charge in [-0.05, 0) is 13.8 Å². The lowest BCUT2D eigenvalue weighted by atomic mass is 9.88. The molecule has 0 aliphatic carbocycles. The lowest BCUT2D eigenvalue weighted by Crippen LogP contribution is -2.67. The summed E-state index contributed by atoms with van der Waals surface area (Å²) in [4.78, 5) is 0. The van der Waals surface area contributed by atoms with E-state index in [0.717, 1.165) is 0 Å². The Bertz CT molecular complexity index is 1470. The van der Waals surface area contributed by atoms with Crippen LogP contribution in [0.3, 0.4) is 0 Å². The molecule has 0 radical (unpaired) electrons. The molecule has 0 spiro atoms. The molecule has 5 rings (SSSR count). The molecule has 400 valence electrons. The molecule has 0 aromatic rings. The average Bonchev–Trinajstić information content (AvgIpc) is 3.32. The molecule has 11 unspecified atom stereocenters. The van der Waals surface area contributed by atoms with E-state index in [9.17, 15) is 81.7 Å². The first-order valence-electron chi connectivity index (χ1n) is 22.8. The maximum Gasteiger partial charge on any atom is 0.187 e. The van der Waals surface area contributed by atoms with Crippen molar-refractivity contribution in [2.75, 3.05) is 46.2 Å². The summed E-state index contributed by atoms with van der Waals surface area (Å²) < 4.78 is 64.7. The van der Waals surface area contributed by atoms with E-state index in [0.29, 0.717) is 0 Å². The van der Waals surface area contributed by atoms with Gasteiger partial charge < -0.3 is 134 Å². The fourth-order valence-electron chi connectivity index (χ4n) is 8.81. The van der Waals surface area contributed by atoms with Crippen molar-refractivity contribution in [2.24, 2.45) is 17.8 Å². The summed E-state index contributed by atoms with van der Waals surface area (Å²) in [6, 6.07) is 0. The molecule has 5 aliphatic heterocycles. The van der Waals surface area contributed by atoms with Crippen LogP contribution in [-0.2, 0) is 52.1 Å². The van der Waals surface area contributed by atoms with E-state index in [4.69, 9.17) is 52.1 Å². The minimum atomic E-state index is -2.12. The van der Waals surface area contributed by atoms with Gasteiger partial charge in [-0.2, -0.15) is 0 Å². The summed E-state index contributed by atoms with van der Waals surface area (Å²) in [6.45, 7) is 1.97. The van der Waals surface area contributed by atoms with Crippen molar-refractivity contribution >= 4 is 0 Å². The quantitative estimate of drug-likeness (QED) is 0.0475.